The fraction of sp³-hybridized carbons (Fsp3) is 0.944. The lowest BCUT2D eigenvalue weighted by Crippen LogP contribution is -2.55. The molecule has 1 rings (SSSR count). The minimum absolute atomic E-state index is 0.104. The summed E-state index contributed by atoms with van der Waals surface area (Å²) in [5.74, 6) is 0. The summed E-state index contributed by atoms with van der Waals surface area (Å²) in [6.07, 6.45) is 1.60. The number of hydrogen-bond acceptors (Lipinski definition) is 3. The molecular weight excluding hydrogens is 332 g/mol. The van der Waals surface area contributed by atoms with Crippen LogP contribution in [0.4, 0.5) is 4.79 Å². The molecule has 138 valence electrons. The van der Waals surface area contributed by atoms with Crippen molar-refractivity contribution in [1.29, 1.82) is 0 Å². The van der Waals surface area contributed by atoms with E-state index in [1.54, 1.807) is 20.8 Å². The maximum absolute atomic E-state index is 10.0. The minimum atomic E-state index is -0.725. The predicted octanol–water partition coefficient (Wildman–Crippen LogP) is 3.41. The summed E-state index contributed by atoms with van der Waals surface area (Å²) < 4.78 is 4.58. The van der Waals surface area contributed by atoms with Gasteiger partial charge in [-0.25, -0.2) is 4.79 Å². The molecule has 1 amide bonds. The standard InChI is InChI=1S/C13H25NSi2.C5H11NO2/c1-7-12(6)11(4,5)10(15)14(9-3)13(12,16)8-2;1-5(2,3)8-4(6)7/h10H,7-9H2,1-6H3;1-3H3,(H2,6,7). The van der Waals surface area contributed by atoms with Gasteiger partial charge in [0.2, 0.25) is 0 Å². The second-order valence-corrected chi connectivity index (χ2v) is 9.72. The summed E-state index contributed by atoms with van der Waals surface area (Å²) in [6.45, 7) is 20.4. The van der Waals surface area contributed by atoms with E-state index in [-0.39, 0.29) is 16.0 Å². The number of hydrogen-bond donors (Lipinski definition) is 1. The van der Waals surface area contributed by atoms with Gasteiger partial charge in [0.05, 0.1) is 10.2 Å². The third-order valence-corrected chi connectivity index (χ3v) is 8.01. The van der Waals surface area contributed by atoms with E-state index < -0.39 is 11.7 Å². The van der Waals surface area contributed by atoms with Crippen LogP contribution in [0.1, 0.15) is 75.2 Å². The molecule has 1 fully saturated rings. The second kappa shape index (κ2) is 7.91. The number of ether oxygens (including phenoxy) is 1. The van der Waals surface area contributed by atoms with Crippen LogP contribution in [-0.2, 0) is 4.74 Å². The van der Waals surface area contributed by atoms with E-state index in [2.05, 4.69) is 71.7 Å². The number of carbonyl (C=O) groups excluding carboxylic acids is 1. The highest BCUT2D eigenvalue weighted by Crippen LogP contribution is 2.60. The Morgan fingerprint density at radius 3 is 1.83 bits per heavy atom. The van der Waals surface area contributed by atoms with Crippen LogP contribution in [0.15, 0.2) is 0 Å². The Morgan fingerprint density at radius 2 is 1.62 bits per heavy atom. The van der Waals surface area contributed by atoms with Gasteiger partial charge in [-0.2, -0.15) is 0 Å². The number of amides is 1. The van der Waals surface area contributed by atoms with Crippen molar-refractivity contribution in [2.45, 2.75) is 91.6 Å². The van der Waals surface area contributed by atoms with Gasteiger partial charge < -0.3 is 15.4 Å². The van der Waals surface area contributed by atoms with Crippen LogP contribution in [0.25, 0.3) is 0 Å². The highest BCUT2D eigenvalue weighted by molar-refractivity contribution is 6.19. The Kier molecular flexibility index (Phi) is 7.80. The molecule has 2 N–H and O–H groups in total. The van der Waals surface area contributed by atoms with Gasteiger partial charge in [0.1, 0.15) is 5.60 Å². The van der Waals surface area contributed by atoms with Gasteiger partial charge in [0.25, 0.3) is 0 Å². The van der Waals surface area contributed by atoms with Gasteiger partial charge in [0.15, 0.2) is 0 Å². The summed E-state index contributed by atoms with van der Waals surface area (Å²) in [5.41, 5.74) is 5.22. The second-order valence-electron chi connectivity index (χ2n) is 8.34. The summed E-state index contributed by atoms with van der Waals surface area (Å²) in [4.78, 5) is 12.6. The van der Waals surface area contributed by atoms with E-state index >= 15 is 0 Å². The predicted molar refractivity (Wildman–Crippen MR) is 103 cm³/mol. The first-order valence-electron chi connectivity index (χ1n) is 8.85. The molecule has 6 radical (unpaired) electrons. The third kappa shape index (κ3) is 4.25. The first kappa shape index (κ1) is 23.7. The van der Waals surface area contributed by atoms with E-state index in [1.165, 1.54) is 6.42 Å². The molecule has 1 aliphatic heterocycles. The Balaban J connectivity index is 0.000000561. The molecule has 6 heteroatoms. The molecule has 3 atom stereocenters. The lowest BCUT2D eigenvalue weighted by atomic mass is 9.63. The van der Waals surface area contributed by atoms with Crippen molar-refractivity contribution >= 4 is 26.6 Å². The maximum atomic E-state index is 10.0. The molecule has 3 unspecified atom stereocenters. The normalized spacial score (nSPS) is 32.9. The summed E-state index contributed by atoms with van der Waals surface area (Å²) in [5, 5.41) is 0.104. The Hall–Kier alpha value is -0.336. The zero-order chi connectivity index (χ0) is 19.6. The quantitative estimate of drug-likeness (QED) is 0.777. The molecule has 1 aliphatic rings. The van der Waals surface area contributed by atoms with Crippen molar-refractivity contribution in [3.8, 4) is 0 Å². The highest BCUT2D eigenvalue weighted by Gasteiger charge is 2.63. The van der Waals surface area contributed by atoms with E-state index in [9.17, 15) is 4.79 Å². The largest absolute Gasteiger partial charge is 0.444 e. The van der Waals surface area contributed by atoms with E-state index in [0.29, 0.717) is 5.67 Å². The molecular formula is C18H36N2O2Si2. The van der Waals surface area contributed by atoms with Crippen molar-refractivity contribution in [3.05, 3.63) is 0 Å². The van der Waals surface area contributed by atoms with Crippen molar-refractivity contribution in [2.24, 2.45) is 16.6 Å². The van der Waals surface area contributed by atoms with Crippen LogP contribution in [-0.4, -0.2) is 54.5 Å². The molecule has 4 nitrogen and oxygen atoms in total. The molecule has 0 spiro atoms. The average Bonchev–Trinajstić information content (AvgIpc) is 2.54. The summed E-state index contributed by atoms with van der Waals surface area (Å²) >= 11 is 0. The van der Waals surface area contributed by atoms with Crippen LogP contribution in [0, 0.1) is 10.8 Å². The summed E-state index contributed by atoms with van der Waals surface area (Å²) in [7, 11) is 8.10. The number of rotatable bonds is 3. The topological polar surface area (TPSA) is 55.6 Å². The lowest BCUT2D eigenvalue weighted by molar-refractivity contribution is 0.0600. The Labute approximate surface area is 156 Å². The van der Waals surface area contributed by atoms with Crippen LogP contribution >= 0.6 is 0 Å². The Bertz CT molecular complexity index is 437. The highest BCUT2D eigenvalue weighted by atomic mass is 28.2. The number of nitrogens with two attached hydrogens (primary N) is 1. The third-order valence-electron chi connectivity index (χ3n) is 5.79. The van der Waals surface area contributed by atoms with E-state index in [4.69, 9.17) is 5.73 Å². The number of nitrogens with zero attached hydrogens (tertiary/aromatic N) is 1. The fourth-order valence-electron chi connectivity index (χ4n) is 3.86. The number of primary amides is 1. The van der Waals surface area contributed by atoms with E-state index in [1.807, 2.05) is 0 Å². The zero-order valence-electron chi connectivity index (χ0n) is 17.0. The van der Waals surface area contributed by atoms with Gasteiger partial charge in [-0.15, -0.1) is 0 Å². The first-order valence-corrected chi connectivity index (χ1v) is 9.93. The van der Waals surface area contributed by atoms with Gasteiger partial charge >= 0.3 is 6.09 Å². The monoisotopic (exact) mass is 368 g/mol. The van der Waals surface area contributed by atoms with E-state index in [0.717, 1.165) is 13.0 Å². The molecule has 0 aliphatic carbocycles. The maximum Gasteiger partial charge on any atom is 0.405 e. The van der Waals surface area contributed by atoms with Gasteiger partial charge in [-0.3, -0.25) is 0 Å². The molecule has 1 saturated heterocycles. The van der Waals surface area contributed by atoms with Crippen molar-refractivity contribution in [1.82, 2.24) is 4.90 Å². The summed E-state index contributed by atoms with van der Waals surface area (Å²) in [6, 6.07) is 0. The van der Waals surface area contributed by atoms with Gasteiger partial charge in [0, 0.05) is 21.1 Å². The minimum Gasteiger partial charge on any atom is -0.444 e. The molecule has 0 aromatic carbocycles. The van der Waals surface area contributed by atoms with Crippen LogP contribution in [0.5, 0.6) is 0 Å². The van der Waals surface area contributed by atoms with Crippen molar-refractivity contribution in [2.75, 3.05) is 6.54 Å². The van der Waals surface area contributed by atoms with Crippen LogP contribution in [0.2, 0.25) is 0 Å². The van der Waals surface area contributed by atoms with Crippen LogP contribution in [0.3, 0.4) is 0 Å². The molecule has 0 saturated carbocycles. The fourth-order valence-corrected chi connectivity index (χ4v) is 5.49. The molecule has 0 bridgehead atoms. The van der Waals surface area contributed by atoms with Crippen molar-refractivity contribution < 1.29 is 9.53 Å². The molecule has 24 heavy (non-hydrogen) atoms. The average molecular weight is 369 g/mol. The smallest absolute Gasteiger partial charge is 0.405 e. The Morgan fingerprint density at radius 1 is 1.17 bits per heavy atom. The van der Waals surface area contributed by atoms with Gasteiger partial charge in [-0.1, -0.05) is 41.5 Å². The zero-order valence-corrected chi connectivity index (χ0v) is 19.0. The van der Waals surface area contributed by atoms with Gasteiger partial charge in [-0.05, 0) is 51.0 Å². The molecule has 1 heterocycles. The molecule has 0 aromatic heterocycles. The molecule has 0 aromatic rings. The number of carbonyl (C=O) groups is 1. The van der Waals surface area contributed by atoms with Crippen LogP contribution < -0.4 is 5.73 Å². The lowest BCUT2D eigenvalue weighted by Gasteiger charge is -2.49. The number of likely N-dealkylation sites (tertiary alicyclic amines) is 1. The SMILES string of the molecule is CC(C)(C)OC(N)=O.CCN1C([Si])C(C)(C)C(C)(CC)C1([Si])CC. The first-order chi connectivity index (χ1) is 10.6. The van der Waals surface area contributed by atoms with Crippen molar-refractivity contribution in [3.63, 3.8) is 0 Å².